The number of anilines is 1. The highest BCUT2D eigenvalue weighted by Crippen LogP contribution is 2.35. The molecule has 1 N–H and O–H groups in total. The van der Waals surface area contributed by atoms with Gasteiger partial charge < -0.3 is 19.5 Å². The van der Waals surface area contributed by atoms with Gasteiger partial charge >= 0.3 is 0 Å². The molecule has 1 amide bonds. The molecule has 3 rings (SSSR count). The fraction of sp³-hybridized carbons (Fsp3) is 0.208. The Morgan fingerprint density at radius 1 is 0.848 bits per heavy atom. The van der Waals surface area contributed by atoms with E-state index in [0.717, 1.165) is 9.87 Å². The fourth-order valence-electron chi connectivity index (χ4n) is 3.14. The van der Waals surface area contributed by atoms with Crippen molar-refractivity contribution in [2.45, 2.75) is 11.4 Å². The highest BCUT2D eigenvalue weighted by molar-refractivity contribution is 7.92. The molecule has 0 unspecified atom stereocenters. The Morgan fingerprint density at radius 2 is 1.48 bits per heavy atom. The summed E-state index contributed by atoms with van der Waals surface area (Å²) < 4.78 is 43.7. The van der Waals surface area contributed by atoms with Gasteiger partial charge in [0.05, 0.1) is 31.9 Å². The monoisotopic (exact) mass is 470 g/mol. The van der Waals surface area contributed by atoms with Crippen molar-refractivity contribution in [3.8, 4) is 17.2 Å². The average molecular weight is 471 g/mol. The molecule has 0 aliphatic rings. The second-order valence-electron chi connectivity index (χ2n) is 6.99. The van der Waals surface area contributed by atoms with Crippen LogP contribution < -0.4 is 23.8 Å². The first-order chi connectivity index (χ1) is 15.9. The lowest BCUT2D eigenvalue weighted by atomic mass is 10.2. The van der Waals surface area contributed by atoms with Crippen LogP contribution in [0.1, 0.15) is 5.56 Å². The SMILES string of the molecule is COc1ccc(CNC(=O)CN(c2ccc(OC)cc2OC)S(=O)(=O)c2ccccc2)cc1. The van der Waals surface area contributed by atoms with Gasteiger partial charge in [0.25, 0.3) is 10.0 Å². The van der Waals surface area contributed by atoms with Crippen molar-refractivity contribution >= 4 is 21.6 Å². The van der Waals surface area contributed by atoms with Gasteiger partial charge in [-0.3, -0.25) is 9.10 Å². The Kier molecular flexibility index (Phi) is 7.78. The van der Waals surface area contributed by atoms with E-state index in [2.05, 4.69) is 5.32 Å². The van der Waals surface area contributed by atoms with Gasteiger partial charge in [-0.2, -0.15) is 0 Å². The van der Waals surface area contributed by atoms with Crippen LogP contribution in [0.4, 0.5) is 5.69 Å². The lowest BCUT2D eigenvalue weighted by molar-refractivity contribution is -0.119. The predicted molar refractivity (Wildman–Crippen MR) is 125 cm³/mol. The predicted octanol–water partition coefficient (Wildman–Crippen LogP) is 3.22. The van der Waals surface area contributed by atoms with Gasteiger partial charge in [-0.15, -0.1) is 0 Å². The summed E-state index contributed by atoms with van der Waals surface area (Å²) in [6.45, 7) is -0.197. The highest BCUT2D eigenvalue weighted by Gasteiger charge is 2.29. The number of methoxy groups -OCH3 is 3. The van der Waals surface area contributed by atoms with Crippen LogP contribution in [0.5, 0.6) is 17.2 Å². The summed E-state index contributed by atoms with van der Waals surface area (Å²) in [4.78, 5) is 12.9. The van der Waals surface area contributed by atoms with Gasteiger partial charge in [0.2, 0.25) is 5.91 Å². The van der Waals surface area contributed by atoms with E-state index in [9.17, 15) is 13.2 Å². The van der Waals surface area contributed by atoms with Crippen LogP contribution >= 0.6 is 0 Å². The van der Waals surface area contributed by atoms with Gasteiger partial charge in [0, 0.05) is 12.6 Å². The standard InChI is InChI=1S/C24H26N2O6S/c1-30-19-11-9-18(10-12-19)16-25-24(27)17-26(33(28,29)21-7-5-4-6-8-21)22-14-13-20(31-2)15-23(22)32-3/h4-15H,16-17H2,1-3H3,(H,25,27). The van der Waals surface area contributed by atoms with Gasteiger partial charge in [-0.25, -0.2) is 8.42 Å². The lowest BCUT2D eigenvalue weighted by Gasteiger charge is -2.26. The zero-order valence-corrected chi connectivity index (χ0v) is 19.5. The number of carbonyl (C=O) groups excluding carboxylic acids is 1. The third-order valence-electron chi connectivity index (χ3n) is 4.92. The number of ether oxygens (including phenoxy) is 3. The third kappa shape index (κ3) is 5.75. The minimum absolute atomic E-state index is 0.0609. The number of nitrogens with one attached hydrogen (secondary N) is 1. The maximum Gasteiger partial charge on any atom is 0.264 e. The molecular formula is C24H26N2O6S. The molecule has 0 heterocycles. The molecule has 9 heteroatoms. The third-order valence-corrected chi connectivity index (χ3v) is 6.70. The molecule has 0 aromatic heterocycles. The van der Waals surface area contributed by atoms with Crippen molar-refractivity contribution in [2.75, 3.05) is 32.2 Å². The van der Waals surface area contributed by atoms with Gasteiger partial charge in [-0.05, 0) is 42.0 Å². The lowest BCUT2D eigenvalue weighted by Crippen LogP contribution is -2.40. The second-order valence-corrected chi connectivity index (χ2v) is 8.85. The molecule has 8 nitrogen and oxygen atoms in total. The first kappa shape index (κ1) is 23.9. The Labute approximate surface area is 193 Å². The van der Waals surface area contributed by atoms with Gasteiger partial charge in [-0.1, -0.05) is 30.3 Å². The molecule has 0 radical (unpaired) electrons. The Balaban J connectivity index is 1.89. The summed E-state index contributed by atoms with van der Waals surface area (Å²) in [6.07, 6.45) is 0. The molecule has 0 fully saturated rings. The Bertz CT molecular complexity index is 1180. The molecule has 0 atom stereocenters. The van der Waals surface area contributed by atoms with E-state index in [1.807, 2.05) is 12.1 Å². The second kappa shape index (κ2) is 10.7. The Morgan fingerprint density at radius 3 is 2.09 bits per heavy atom. The largest absolute Gasteiger partial charge is 0.497 e. The molecule has 0 aliphatic heterocycles. The molecule has 33 heavy (non-hydrogen) atoms. The number of hydrogen-bond donors (Lipinski definition) is 1. The van der Waals surface area contributed by atoms with Crippen molar-refractivity contribution in [1.82, 2.24) is 5.32 Å². The van der Waals surface area contributed by atoms with Crippen LogP contribution in [0.3, 0.4) is 0 Å². The summed E-state index contributed by atoms with van der Waals surface area (Å²) in [7, 11) is 0.443. The van der Waals surface area contributed by atoms with Crippen molar-refractivity contribution in [1.29, 1.82) is 0 Å². The van der Waals surface area contributed by atoms with Crippen LogP contribution in [-0.2, 0) is 21.4 Å². The number of benzene rings is 3. The van der Waals surface area contributed by atoms with E-state index in [-0.39, 0.29) is 22.9 Å². The fourth-order valence-corrected chi connectivity index (χ4v) is 4.59. The summed E-state index contributed by atoms with van der Waals surface area (Å²) in [5.74, 6) is 0.994. The summed E-state index contributed by atoms with van der Waals surface area (Å²) in [5.41, 5.74) is 1.07. The van der Waals surface area contributed by atoms with E-state index >= 15 is 0 Å². The van der Waals surface area contributed by atoms with Crippen molar-refractivity contribution in [3.63, 3.8) is 0 Å². The normalized spacial score (nSPS) is 10.9. The molecule has 3 aromatic rings. The number of amides is 1. The molecule has 0 spiro atoms. The molecule has 0 saturated heterocycles. The number of carbonyl (C=O) groups is 1. The van der Waals surface area contributed by atoms with E-state index in [1.54, 1.807) is 55.6 Å². The number of nitrogens with zero attached hydrogens (tertiary/aromatic N) is 1. The van der Waals surface area contributed by atoms with Crippen molar-refractivity contribution in [3.05, 3.63) is 78.4 Å². The number of rotatable bonds is 10. The minimum atomic E-state index is -4.06. The number of hydrogen-bond acceptors (Lipinski definition) is 6. The summed E-state index contributed by atoms with van der Waals surface area (Å²) in [6, 6.07) is 19.9. The molecular weight excluding hydrogens is 444 g/mol. The average Bonchev–Trinajstić information content (AvgIpc) is 2.86. The van der Waals surface area contributed by atoms with Gasteiger partial charge in [0.1, 0.15) is 23.8 Å². The highest BCUT2D eigenvalue weighted by atomic mass is 32.2. The van der Waals surface area contributed by atoms with E-state index in [0.29, 0.717) is 11.5 Å². The maximum absolute atomic E-state index is 13.5. The summed E-state index contributed by atoms with van der Waals surface area (Å²) in [5, 5.41) is 2.77. The van der Waals surface area contributed by atoms with E-state index in [1.165, 1.54) is 26.4 Å². The first-order valence-electron chi connectivity index (χ1n) is 10.1. The first-order valence-corrected chi connectivity index (χ1v) is 11.5. The maximum atomic E-state index is 13.5. The van der Waals surface area contributed by atoms with Crippen LogP contribution in [0.25, 0.3) is 0 Å². The van der Waals surface area contributed by atoms with Crippen LogP contribution in [-0.4, -0.2) is 42.2 Å². The minimum Gasteiger partial charge on any atom is -0.497 e. The molecule has 0 bridgehead atoms. The zero-order chi connectivity index (χ0) is 23.8. The van der Waals surface area contributed by atoms with Gasteiger partial charge in [0.15, 0.2) is 0 Å². The Hall–Kier alpha value is -3.72. The van der Waals surface area contributed by atoms with Crippen molar-refractivity contribution < 1.29 is 27.4 Å². The van der Waals surface area contributed by atoms with Crippen LogP contribution in [0.2, 0.25) is 0 Å². The van der Waals surface area contributed by atoms with E-state index < -0.39 is 22.5 Å². The van der Waals surface area contributed by atoms with Crippen LogP contribution in [0.15, 0.2) is 77.7 Å². The quantitative estimate of drug-likeness (QED) is 0.489. The molecule has 0 aliphatic carbocycles. The number of sulfonamides is 1. The van der Waals surface area contributed by atoms with Crippen molar-refractivity contribution in [2.24, 2.45) is 0 Å². The summed E-state index contributed by atoms with van der Waals surface area (Å²) >= 11 is 0. The molecule has 174 valence electrons. The molecule has 0 saturated carbocycles. The van der Waals surface area contributed by atoms with E-state index in [4.69, 9.17) is 14.2 Å². The smallest absolute Gasteiger partial charge is 0.264 e. The topological polar surface area (TPSA) is 94.2 Å². The molecule has 3 aromatic carbocycles. The van der Waals surface area contributed by atoms with Crippen LogP contribution in [0, 0.1) is 0 Å². The zero-order valence-electron chi connectivity index (χ0n) is 18.6.